The summed E-state index contributed by atoms with van der Waals surface area (Å²) in [4.78, 5) is 34.8. The third kappa shape index (κ3) is 37.8. The second kappa shape index (κ2) is 38.0. The number of hydrogen-bond acceptors (Lipinski definition) is 8. The van der Waals surface area contributed by atoms with Crippen LogP contribution in [0.2, 0.25) is 0 Å². The SMILES string of the molecule is CC/C=C/C=C/C=C/CCCCCCCC(=O)OC(COC(=O)CCCCCCCCCCCCCCCCCCC)COP(=O)(O)OCCN. The van der Waals surface area contributed by atoms with Crippen molar-refractivity contribution in [2.45, 2.75) is 187 Å². The molecule has 0 aromatic carbocycles. The van der Waals surface area contributed by atoms with Gasteiger partial charge < -0.3 is 20.1 Å². The number of allylic oxidation sites excluding steroid dienone is 6. The number of carbonyl (C=O) groups is 2. The van der Waals surface area contributed by atoms with Crippen LogP contribution in [-0.2, 0) is 32.7 Å². The molecule has 0 aromatic rings. The molecular formula is C41H76NO8P. The van der Waals surface area contributed by atoms with E-state index in [-0.39, 0.29) is 38.6 Å². The zero-order chi connectivity index (χ0) is 37.5. The van der Waals surface area contributed by atoms with Crippen molar-refractivity contribution in [3.8, 4) is 0 Å². The summed E-state index contributed by atoms with van der Waals surface area (Å²) in [6, 6.07) is 0. The Morgan fingerprint density at radius 3 is 1.59 bits per heavy atom. The number of rotatable bonds is 38. The largest absolute Gasteiger partial charge is 0.472 e. The van der Waals surface area contributed by atoms with Crippen molar-refractivity contribution in [2.75, 3.05) is 26.4 Å². The Bertz CT molecular complexity index is 939. The lowest BCUT2D eigenvalue weighted by Crippen LogP contribution is -2.29. The Labute approximate surface area is 312 Å². The molecule has 0 spiro atoms. The highest BCUT2D eigenvalue weighted by Gasteiger charge is 2.26. The lowest BCUT2D eigenvalue weighted by Gasteiger charge is -2.19. The maximum absolute atomic E-state index is 12.5. The molecule has 0 bridgehead atoms. The molecule has 0 saturated heterocycles. The van der Waals surface area contributed by atoms with Crippen LogP contribution in [0.4, 0.5) is 0 Å². The van der Waals surface area contributed by atoms with Gasteiger partial charge in [0.25, 0.3) is 0 Å². The molecule has 0 aliphatic heterocycles. The average molecular weight is 742 g/mol. The Morgan fingerprint density at radius 2 is 1.08 bits per heavy atom. The van der Waals surface area contributed by atoms with E-state index in [0.717, 1.165) is 57.8 Å². The monoisotopic (exact) mass is 742 g/mol. The topological polar surface area (TPSA) is 134 Å². The Hall–Kier alpha value is -1.77. The van der Waals surface area contributed by atoms with Gasteiger partial charge in [-0.05, 0) is 32.1 Å². The van der Waals surface area contributed by atoms with Gasteiger partial charge in [0, 0.05) is 19.4 Å². The predicted octanol–water partition coefficient (Wildman–Crippen LogP) is 11.4. The number of nitrogens with two attached hydrogens (primary N) is 1. The van der Waals surface area contributed by atoms with Gasteiger partial charge in [-0.25, -0.2) is 4.57 Å². The fraction of sp³-hybridized carbons (Fsp3) is 0.805. The highest BCUT2D eigenvalue weighted by atomic mass is 31.2. The van der Waals surface area contributed by atoms with Crippen LogP contribution in [0.5, 0.6) is 0 Å². The van der Waals surface area contributed by atoms with Gasteiger partial charge in [0.2, 0.25) is 0 Å². The van der Waals surface area contributed by atoms with Gasteiger partial charge >= 0.3 is 19.8 Å². The number of phosphoric ester groups is 1. The molecule has 298 valence electrons. The Balaban J connectivity index is 4.16. The van der Waals surface area contributed by atoms with Crippen LogP contribution in [-0.4, -0.2) is 49.3 Å². The van der Waals surface area contributed by atoms with Crippen LogP contribution in [0.1, 0.15) is 181 Å². The second-order valence-corrected chi connectivity index (χ2v) is 15.0. The first-order valence-electron chi connectivity index (χ1n) is 20.5. The summed E-state index contributed by atoms with van der Waals surface area (Å²) >= 11 is 0. The van der Waals surface area contributed by atoms with Gasteiger partial charge in [-0.1, -0.05) is 172 Å². The molecule has 0 radical (unpaired) electrons. The van der Waals surface area contributed by atoms with Gasteiger partial charge in [0.1, 0.15) is 6.61 Å². The molecule has 2 unspecified atom stereocenters. The minimum absolute atomic E-state index is 0.0499. The van der Waals surface area contributed by atoms with Crippen molar-refractivity contribution in [3.63, 3.8) is 0 Å². The van der Waals surface area contributed by atoms with Crippen molar-refractivity contribution >= 4 is 19.8 Å². The predicted molar refractivity (Wildman–Crippen MR) is 210 cm³/mol. The van der Waals surface area contributed by atoms with Gasteiger partial charge in [0.05, 0.1) is 13.2 Å². The normalized spacial score (nSPS) is 13.7. The smallest absolute Gasteiger partial charge is 0.462 e. The maximum atomic E-state index is 12.5. The van der Waals surface area contributed by atoms with Crippen LogP contribution >= 0.6 is 7.82 Å². The van der Waals surface area contributed by atoms with Gasteiger partial charge in [-0.15, -0.1) is 0 Å². The van der Waals surface area contributed by atoms with E-state index >= 15 is 0 Å². The van der Waals surface area contributed by atoms with Crippen LogP contribution in [0, 0.1) is 0 Å². The number of ether oxygens (including phenoxy) is 2. The number of hydrogen-bond donors (Lipinski definition) is 2. The van der Waals surface area contributed by atoms with Crippen molar-refractivity contribution in [2.24, 2.45) is 5.73 Å². The summed E-state index contributed by atoms with van der Waals surface area (Å²) in [6.07, 6.45) is 40.3. The molecule has 2 atom stereocenters. The van der Waals surface area contributed by atoms with E-state index in [9.17, 15) is 19.0 Å². The Morgan fingerprint density at radius 1 is 0.608 bits per heavy atom. The van der Waals surface area contributed by atoms with E-state index in [0.29, 0.717) is 6.42 Å². The molecule has 9 nitrogen and oxygen atoms in total. The molecule has 0 amide bonds. The number of carbonyl (C=O) groups excluding carboxylic acids is 2. The molecule has 0 aliphatic rings. The average Bonchev–Trinajstić information content (AvgIpc) is 3.11. The van der Waals surface area contributed by atoms with Gasteiger partial charge in [0.15, 0.2) is 6.10 Å². The van der Waals surface area contributed by atoms with Crippen LogP contribution < -0.4 is 5.73 Å². The van der Waals surface area contributed by atoms with E-state index in [1.54, 1.807) is 0 Å². The molecule has 0 fully saturated rings. The fourth-order valence-corrected chi connectivity index (χ4v) is 6.34. The van der Waals surface area contributed by atoms with Crippen molar-refractivity contribution in [3.05, 3.63) is 36.5 Å². The summed E-state index contributed by atoms with van der Waals surface area (Å²) in [6.45, 7) is 3.58. The first-order valence-corrected chi connectivity index (χ1v) is 22.0. The quantitative estimate of drug-likeness (QED) is 0.0274. The summed E-state index contributed by atoms with van der Waals surface area (Å²) in [5.74, 6) is -0.849. The van der Waals surface area contributed by atoms with E-state index in [4.69, 9.17) is 24.3 Å². The van der Waals surface area contributed by atoms with E-state index in [1.807, 2.05) is 18.2 Å². The molecule has 51 heavy (non-hydrogen) atoms. The van der Waals surface area contributed by atoms with E-state index in [2.05, 4.69) is 32.1 Å². The van der Waals surface area contributed by atoms with Crippen LogP contribution in [0.25, 0.3) is 0 Å². The lowest BCUT2D eigenvalue weighted by atomic mass is 10.0. The maximum Gasteiger partial charge on any atom is 0.472 e. The molecule has 0 aromatic heterocycles. The molecule has 0 aliphatic carbocycles. The van der Waals surface area contributed by atoms with Gasteiger partial charge in [-0.2, -0.15) is 0 Å². The van der Waals surface area contributed by atoms with E-state index in [1.165, 1.54) is 89.9 Å². The third-order valence-corrected chi connectivity index (χ3v) is 9.59. The number of phosphoric acid groups is 1. The zero-order valence-corrected chi connectivity index (χ0v) is 33.5. The standard InChI is InChI=1S/C41H76NO8P/c1-3-5-7-9-11-13-15-17-18-19-20-22-23-25-27-29-31-33-40(43)47-37-39(38-49-51(45,46)48-36-35-42)50-41(44)34-32-30-28-26-24-21-16-14-12-10-8-6-4-2/h6,8,10,12,14,16,39H,3-5,7,9,11,13,15,17-38,42H2,1-2H3,(H,45,46)/b8-6+,12-10+,16-14+. The first kappa shape index (κ1) is 49.2. The minimum Gasteiger partial charge on any atom is -0.462 e. The first-order chi connectivity index (χ1) is 24.8. The molecule has 0 rings (SSSR count). The summed E-state index contributed by atoms with van der Waals surface area (Å²) in [5, 5.41) is 0. The molecule has 10 heteroatoms. The van der Waals surface area contributed by atoms with Gasteiger partial charge in [-0.3, -0.25) is 18.6 Å². The number of unbranched alkanes of at least 4 members (excludes halogenated alkanes) is 21. The fourth-order valence-electron chi connectivity index (χ4n) is 5.58. The Kier molecular flexibility index (Phi) is 36.7. The lowest BCUT2D eigenvalue weighted by molar-refractivity contribution is -0.161. The molecular weight excluding hydrogens is 665 g/mol. The van der Waals surface area contributed by atoms with Crippen molar-refractivity contribution in [1.29, 1.82) is 0 Å². The summed E-state index contributed by atoms with van der Waals surface area (Å²) in [7, 11) is -4.38. The molecule has 0 saturated carbocycles. The highest BCUT2D eigenvalue weighted by molar-refractivity contribution is 7.47. The molecule has 3 N–H and O–H groups in total. The summed E-state index contributed by atoms with van der Waals surface area (Å²) < 4.78 is 32.7. The van der Waals surface area contributed by atoms with E-state index < -0.39 is 26.5 Å². The number of esters is 2. The zero-order valence-electron chi connectivity index (χ0n) is 32.6. The van der Waals surface area contributed by atoms with Crippen molar-refractivity contribution < 1.29 is 37.6 Å². The third-order valence-electron chi connectivity index (χ3n) is 8.60. The molecule has 0 heterocycles. The van der Waals surface area contributed by atoms with Crippen molar-refractivity contribution in [1.82, 2.24) is 0 Å². The van der Waals surface area contributed by atoms with Crippen LogP contribution in [0.15, 0.2) is 36.5 Å². The van der Waals surface area contributed by atoms with Crippen LogP contribution in [0.3, 0.4) is 0 Å². The summed E-state index contributed by atoms with van der Waals surface area (Å²) in [5.41, 5.74) is 5.34. The highest BCUT2D eigenvalue weighted by Crippen LogP contribution is 2.43. The second-order valence-electron chi connectivity index (χ2n) is 13.5. The minimum atomic E-state index is -4.38.